The maximum atomic E-state index is 11.6. The van der Waals surface area contributed by atoms with E-state index < -0.39 is 6.16 Å². The Balaban J connectivity index is 1.95. The zero-order chi connectivity index (χ0) is 14.5. The Morgan fingerprint density at radius 2 is 2.15 bits per heavy atom. The van der Waals surface area contributed by atoms with Crippen LogP contribution in [0.2, 0.25) is 0 Å². The SMILES string of the molecule is N#Cc1cc(Br)c(OC(=O)OCC2CCCO2)c(Br)c1. The monoisotopic (exact) mass is 403 g/mol. The summed E-state index contributed by atoms with van der Waals surface area (Å²) in [5.41, 5.74) is 0.448. The Morgan fingerprint density at radius 1 is 1.45 bits per heavy atom. The first kappa shape index (κ1) is 15.3. The topological polar surface area (TPSA) is 68.5 Å². The molecule has 1 atom stereocenters. The molecule has 5 nitrogen and oxygen atoms in total. The normalized spacial score (nSPS) is 17.6. The van der Waals surface area contributed by atoms with E-state index in [1.165, 1.54) is 0 Å². The van der Waals surface area contributed by atoms with Gasteiger partial charge in [0.25, 0.3) is 0 Å². The van der Waals surface area contributed by atoms with Crippen molar-refractivity contribution in [2.24, 2.45) is 0 Å². The van der Waals surface area contributed by atoms with E-state index in [1.807, 2.05) is 6.07 Å². The van der Waals surface area contributed by atoms with Crippen LogP contribution in [0.5, 0.6) is 5.75 Å². The van der Waals surface area contributed by atoms with E-state index in [4.69, 9.17) is 19.5 Å². The Hall–Kier alpha value is -1.10. The summed E-state index contributed by atoms with van der Waals surface area (Å²) in [6, 6.07) is 5.13. The number of carbonyl (C=O) groups is 1. The lowest BCUT2D eigenvalue weighted by molar-refractivity contribution is 0.0271. The number of hydrogen-bond acceptors (Lipinski definition) is 5. The number of ether oxygens (including phenoxy) is 3. The molecule has 1 unspecified atom stereocenters. The number of nitrogens with zero attached hydrogens (tertiary/aromatic N) is 1. The molecular formula is C13H11Br2NO4. The minimum absolute atomic E-state index is 0.0459. The van der Waals surface area contributed by atoms with Crippen molar-refractivity contribution in [3.05, 3.63) is 26.6 Å². The van der Waals surface area contributed by atoms with Gasteiger partial charge in [-0.05, 0) is 56.8 Å². The number of rotatable bonds is 3. The predicted molar refractivity (Wildman–Crippen MR) is 77.5 cm³/mol. The molecule has 0 amide bonds. The van der Waals surface area contributed by atoms with Crippen molar-refractivity contribution in [3.63, 3.8) is 0 Å². The Labute approximate surface area is 133 Å². The number of carbonyl (C=O) groups excluding carboxylic acids is 1. The zero-order valence-corrected chi connectivity index (χ0v) is 13.6. The molecule has 0 aliphatic carbocycles. The van der Waals surface area contributed by atoms with E-state index in [1.54, 1.807) is 12.1 Å². The first-order valence-electron chi connectivity index (χ1n) is 5.95. The van der Waals surface area contributed by atoms with Gasteiger partial charge in [0.05, 0.1) is 26.7 Å². The van der Waals surface area contributed by atoms with Crippen LogP contribution < -0.4 is 4.74 Å². The summed E-state index contributed by atoms with van der Waals surface area (Å²) in [6.07, 6.45) is 1.02. The fraction of sp³-hybridized carbons (Fsp3) is 0.385. The summed E-state index contributed by atoms with van der Waals surface area (Å²) in [6.45, 7) is 0.889. The molecule has 1 aromatic carbocycles. The van der Waals surface area contributed by atoms with Crippen LogP contribution in [0.3, 0.4) is 0 Å². The summed E-state index contributed by atoms with van der Waals surface area (Å²) in [5.74, 6) is 0.279. The highest BCUT2D eigenvalue weighted by Gasteiger charge is 2.19. The molecule has 0 N–H and O–H groups in total. The molecular weight excluding hydrogens is 394 g/mol. The summed E-state index contributed by atoms with van der Waals surface area (Å²) in [4.78, 5) is 11.6. The van der Waals surface area contributed by atoms with Gasteiger partial charge in [-0.25, -0.2) is 4.79 Å². The lowest BCUT2D eigenvalue weighted by Crippen LogP contribution is -2.20. The molecule has 1 aliphatic heterocycles. The lowest BCUT2D eigenvalue weighted by Gasteiger charge is -2.12. The molecule has 0 spiro atoms. The molecule has 1 aliphatic rings. The Morgan fingerprint density at radius 3 is 2.70 bits per heavy atom. The minimum Gasteiger partial charge on any atom is -0.431 e. The second kappa shape index (κ2) is 7.07. The Bertz CT molecular complexity index is 527. The fourth-order valence-corrected chi connectivity index (χ4v) is 3.12. The minimum atomic E-state index is -0.799. The van der Waals surface area contributed by atoms with Crippen LogP contribution >= 0.6 is 31.9 Å². The van der Waals surface area contributed by atoms with E-state index >= 15 is 0 Å². The van der Waals surface area contributed by atoms with Crippen molar-refractivity contribution >= 4 is 38.0 Å². The van der Waals surface area contributed by atoms with Crippen LogP contribution in [0, 0.1) is 11.3 Å². The first-order chi connectivity index (χ1) is 9.60. The maximum Gasteiger partial charge on any atom is 0.514 e. The standard InChI is InChI=1S/C13H11Br2NO4/c14-10-4-8(6-16)5-11(15)12(10)20-13(17)19-7-9-2-1-3-18-9/h4-5,9H,1-3,7H2. The molecule has 0 radical (unpaired) electrons. The second-order valence-electron chi connectivity index (χ2n) is 4.18. The van der Waals surface area contributed by atoms with Crippen molar-refractivity contribution in [2.75, 3.05) is 13.2 Å². The highest BCUT2D eigenvalue weighted by molar-refractivity contribution is 9.11. The molecule has 0 bridgehead atoms. The largest absolute Gasteiger partial charge is 0.514 e. The van der Waals surface area contributed by atoms with Crippen LogP contribution in [0.1, 0.15) is 18.4 Å². The van der Waals surface area contributed by atoms with E-state index in [-0.39, 0.29) is 18.5 Å². The lowest BCUT2D eigenvalue weighted by atomic mass is 10.2. The third-order valence-corrected chi connectivity index (χ3v) is 3.90. The van der Waals surface area contributed by atoms with Gasteiger partial charge in [-0.1, -0.05) is 0 Å². The third kappa shape index (κ3) is 3.95. The highest BCUT2D eigenvalue weighted by atomic mass is 79.9. The van der Waals surface area contributed by atoms with Crippen molar-refractivity contribution in [1.29, 1.82) is 5.26 Å². The van der Waals surface area contributed by atoms with E-state index in [0.29, 0.717) is 21.1 Å². The van der Waals surface area contributed by atoms with Gasteiger partial charge < -0.3 is 14.2 Å². The van der Waals surface area contributed by atoms with Gasteiger partial charge in [-0.15, -0.1) is 0 Å². The van der Waals surface area contributed by atoms with E-state index in [9.17, 15) is 4.79 Å². The smallest absolute Gasteiger partial charge is 0.431 e. The zero-order valence-electron chi connectivity index (χ0n) is 10.4. The van der Waals surface area contributed by atoms with Crippen LogP contribution in [0.25, 0.3) is 0 Å². The number of nitriles is 1. The number of halogens is 2. The number of hydrogen-bond donors (Lipinski definition) is 0. The summed E-state index contributed by atoms with van der Waals surface area (Å²) < 4.78 is 16.5. The first-order valence-corrected chi connectivity index (χ1v) is 7.54. The molecule has 0 aromatic heterocycles. The molecule has 1 saturated heterocycles. The van der Waals surface area contributed by atoms with Gasteiger partial charge in [0, 0.05) is 6.61 Å². The molecule has 1 aromatic rings. The van der Waals surface area contributed by atoms with Crippen LogP contribution in [0.15, 0.2) is 21.1 Å². The fourth-order valence-electron chi connectivity index (χ4n) is 1.77. The van der Waals surface area contributed by atoms with Crippen molar-refractivity contribution in [3.8, 4) is 11.8 Å². The maximum absolute atomic E-state index is 11.6. The van der Waals surface area contributed by atoms with Gasteiger partial charge in [-0.3, -0.25) is 0 Å². The van der Waals surface area contributed by atoms with E-state index in [2.05, 4.69) is 31.9 Å². The van der Waals surface area contributed by atoms with Gasteiger partial charge in [0.15, 0.2) is 5.75 Å². The van der Waals surface area contributed by atoms with Gasteiger partial charge in [0.2, 0.25) is 0 Å². The summed E-state index contributed by atoms with van der Waals surface area (Å²) >= 11 is 6.49. The Kier molecular flexibility index (Phi) is 5.40. The average molecular weight is 405 g/mol. The van der Waals surface area contributed by atoms with Crippen LogP contribution in [0.4, 0.5) is 4.79 Å². The molecule has 106 valence electrons. The molecule has 2 rings (SSSR count). The second-order valence-corrected chi connectivity index (χ2v) is 5.89. The molecule has 7 heteroatoms. The van der Waals surface area contributed by atoms with Gasteiger partial charge >= 0.3 is 6.16 Å². The summed E-state index contributed by atoms with van der Waals surface area (Å²) in [5, 5.41) is 8.83. The van der Waals surface area contributed by atoms with Crippen LogP contribution in [-0.2, 0) is 9.47 Å². The molecule has 1 fully saturated rings. The van der Waals surface area contributed by atoms with Crippen molar-refractivity contribution in [2.45, 2.75) is 18.9 Å². The summed E-state index contributed by atoms with van der Waals surface area (Å²) in [7, 11) is 0. The molecule has 1 heterocycles. The average Bonchev–Trinajstić information content (AvgIpc) is 2.93. The predicted octanol–water partition coefficient (Wildman–Crippen LogP) is 3.78. The molecule has 0 saturated carbocycles. The molecule has 20 heavy (non-hydrogen) atoms. The van der Waals surface area contributed by atoms with E-state index in [0.717, 1.165) is 12.8 Å². The quantitative estimate of drug-likeness (QED) is 0.566. The van der Waals surface area contributed by atoms with Crippen molar-refractivity contribution < 1.29 is 19.0 Å². The number of benzene rings is 1. The van der Waals surface area contributed by atoms with Gasteiger partial charge in [-0.2, -0.15) is 5.26 Å². The van der Waals surface area contributed by atoms with Gasteiger partial charge in [0.1, 0.15) is 6.61 Å². The highest BCUT2D eigenvalue weighted by Crippen LogP contribution is 2.34. The van der Waals surface area contributed by atoms with Crippen molar-refractivity contribution in [1.82, 2.24) is 0 Å². The van der Waals surface area contributed by atoms with Crippen LogP contribution in [-0.4, -0.2) is 25.5 Å². The third-order valence-electron chi connectivity index (χ3n) is 2.72.